The molecule has 5 aromatic rings. The fourth-order valence-corrected chi connectivity index (χ4v) is 6.04. The molecule has 5 rings (SSSR count). The van der Waals surface area contributed by atoms with Crippen molar-refractivity contribution in [2.24, 2.45) is 0 Å². The third-order valence-electron chi connectivity index (χ3n) is 6.62. The molecule has 47 heavy (non-hydrogen) atoms. The highest BCUT2D eigenvalue weighted by Gasteiger charge is 2.17. The number of ether oxygens (including phenoxy) is 2. The van der Waals surface area contributed by atoms with Crippen LogP contribution in [0.1, 0.15) is 15.9 Å². The Hall–Kier alpha value is -4.91. The molecule has 3 amide bonds. The number of halogens is 1. The highest BCUT2D eigenvalue weighted by Crippen LogP contribution is 2.28. The Morgan fingerprint density at radius 3 is 2.43 bits per heavy atom. The Morgan fingerprint density at radius 1 is 0.894 bits per heavy atom. The first-order chi connectivity index (χ1) is 22.8. The Morgan fingerprint density at radius 2 is 1.68 bits per heavy atom. The number of thiazole rings is 1. The lowest BCUT2D eigenvalue weighted by atomic mass is 10.1. The van der Waals surface area contributed by atoms with Crippen molar-refractivity contribution in [2.75, 3.05) is 30.6 Å². The van der Waals surface area contributed by atoms with Crippen LogP contribution in [0.3, 0.4) is 0 Å². The van der Waals surface area contributed by atoms with Gasteiger partial charge in [0.25, 0.3) is 11.8 Å². The van der Waals surface area contributed by atoms with Crippen LogP contribution in [-0.2, 0) is 9.59 Å². The lowest BCUT2D eigenvalue weighted by Gasteiger charge is -2.13. The summed E-state index contributed by atoms with van der Waals surface area (Å²) in [4.78, 5) is 44.6. The zero-order valence-corrected chi connectivity index (χ0v) is 28.5. The van der Waals surface area contributed by atoms with E-state index in [1.54, 1.807) is 73.8 Å². The molecule has 0 aliphatic heterocycles. The van der Waals surface area contributed by atoms with Crippen molar-refractivity contribution in [3.05, 3.63) is 124 Å². The van der Waals surface area contributed by atoms with Gasteiger partial charge in [-0.3, -0.25) is 14.4 Å². The Labute approximate surface area is 288 Å². The summed E-state index contributed by atoms with van der Waals surface area (Å²) in [6.45, 7) is 0. The minimum absolute atomic E-state index is 0.00529. The number of aromatic nitrogens is 1. The molecule has 0 aliphatic rings. The Balaban J connectivity index is 1.26. The second-order valence-corrected chi connectivity index (χ2v) is 12.7. The number of anilines is 2. The first-order valence-electron chi connectivity index (χ1n) is 14.2. The number of hydrogen-bond donors (Lipinski definition) is 3. The second-order valence-electron chi connectivity index (χ2n) is 9.85. The Bertz CT molecular complexity index is 1910. The number of nitrogens with zero attached hydrogens (tertiary/aromatic N) is 1. The van der Waals surface area contributed by atoms with Crippen molar-refractivity contribution in [1.82, 2.24) is 10.3 Å². The van der Waals surface area contributed by atoms with E-state index in [4.69, 9.17) is 9.47 Å². The number of nitrogens with one attached hydrogen (secondary N) is 3. The molecule has 238 valence electrons. The van der Waals surface area contributed by atoms with Crippen LogP contribution in [0, 0.1) is 0 Å². The molecule has 0 radical (unpaired) electrons. The Kier molecular flexibility index (Phi) is 11.4. The van der Waals surface area contributed by atoms with Gasteiger partial charge in [-0.15, -0.1) is 23.1 Å². The second kappa shape index (κ2) is 16.1. The highest BCUT2D eigenvalue weighted by atomic mass is 79.9. The molecule has 0 unspecified atom stereocenters. The van der Waals surface area contributed by atoms with Gasteiger partial charge in [-0.25, -0.2) is 4.98 Å². The van der Waals surface area contributed by atoms with Crippen molar-refractivity contribution in [3.8, 4) is 22.8 Å². The third-order valence-corrected chi connectivity index (χ3v) is 8.90. The summed E-state index contributed by atoms with van der Waals surface area (Å²) in [5.41, 5.74) is 3.19. The molecule has 12 heteroatoms. The number of amides is 3. The maximum atomic E-state index is 13.6. The van der Waals surface area contributed by atoms with Gasteiger partial charge in [0.15, 0.2) is 5.13 Å². The molecule has 0 aliphatic carbocycles. The predicted molar refractivity (Wildman–Crippen MR) is 191 cm³/mol. The number of carbonyl (C=O) groups is 3. The van der Waals surface area contributed by atoms with E-state index in [-0.39, 0.29) is 17.4 Å². The quantitative estimate of drug-likeness (QED) is 0.0889. The molecule has 0 fully saturated rings. The average molecular weight is 730 g/mol. The molecule has 3 N–H and O–H groups in total. The number of carbonyl (C=O) groups excluding carboxylic acids is 3. The number of hydrogen-bond acceptors (Lipinski definition) is 8. The van der Waals surface area contributed by atoms with Crippen LogP contribution in [0.5, 0.6) is 11.5 Å². The molecule has 1 aromatic heterocycles. The monoisotopic (exact) mass is 728 g/mol. The van der Waals surface area contributed by atoms with Gasteiger partial charge in [-0.1, -0.05) is 52.3 Å². The molecule has 0 saturated heterocycles. The maximum absolute atomic E-state index is 13.6. The lowest BCUT2D eigenvalue weighted by molar-refractivity contribution is -0.114. The first kappa shape index (κ1) is 33.5. The van der Waals surface area contributed by atoms with Crippen molar-refractivity contribution in [2.45, 2.75) is 4.90 Å². The average Bonchev–Trinajstić information content (AvgIpc) is 3.56. The van der Waals surface area contributed by atoms with Gasteiger partial charge >= 0.3 is 0 Å². The van der Waals surface area contributed by atoms with Gasteiger partial charge < -0.3 is 25.4 Å². The van der Waals surface area contributed by atoms with E-state index in [0.29, 0.717) is 33.4 Å². The van der Waals surface area contributed by atoms with Crippen LogP contribution in [-0.4, -0.2) is 42.7 Å². The van der Waals surface area contributed by atoms with Crippen molar-refractivity contribution in [1.29, 1.82) is 0 Å². The first-order valence-corrected chi connectivity index (χ1v) is 16.8. The number of methoxy groups -OCH3 is 2. The van der Waals surface area contributed by atoms with E-state index in [9.17, 15) is 14.4 Å². The maximum Gasteiger partial charge on any atom is 0.272 e. The summed E-state index contributed by atoms with van der Waals surface area (Å²) in [5.74, 6) is -0.0130. The number of thioether (sulfide) groups is 1. The molecule has 0 atom stereocenters. The van der Waals surface area contributed by atoms with Crippen LogP contribution in [0.15, 0.2) is 118 Å². The minimum Gasteiger partial charge on any atom is -0.497 e. The van der Waals surface area contributed by atoms with Crippen molar-refractivity contribution >= 4 is 73.6 Å². The minimum atomic E-state index is -0.544. The molecule has 9 nitrogen and oxygen atoms in total. The summed E-state index contributed by atoms with van der Waals surface area (Å²) in [7, 11) is 3.06. The van der Waals surface area contributed by atoms with E-state index >= 15 is 0 Å². The third kappa shape index (κ3) is 9.32. The fourth-order valence-electron chi connectivity index (χ4n) is 4.29. The van der Waals surface area contributed by atoms with Gasteiger partial charge in [0.2, 0.25) is 5.91 Å². The van der Waals surface area contributed by atoms with Gasteiger partial charge in [-0.2, -0.15) is 0 Å². The zero-order chi connectivity index (χ0) is 33.2. The van der Waals surface area contributed by atoms with Gasteiger partial charge in [0.1, 0.15) is 17.2 Å². The van der Waals surface area contributed by atoms with Gasteiger partial charge in [0.05, 0.1) is 25.7 Å². The number of rotatable bonds is 12. The van der Waals surface area contributed by atoms with Crippen LogP contribution in [0.2, 0.25) is 0 Å². The predicted octanol–water partition coefficient (Wildman–Crippen LogP) is 7.73. The van der Waals surface area contributed by atoms with Crippen LogP contribution >= 0.6 is 39.0 Å². The largest absolute Gasteiger partial charge is 0.497 e. The van der Waals surface area contributed by atoms with Crippen molar-refractivity contribution < 1.29 is 23.9 Å². The van der Waals surface area contributed by atoms with Gasteiger partial charge in [0, 0.05) is 43.2 Å². The van der Waals surface area contributed by atoms with E-state index in [0.717, 1.165) is 20.6 Å². The van der Waals surface area contributed by atoms with Crippen LogP contribution in [0.25, 0.3) is 17.3 Å². The van der Waals surface area contributed by atoms with Crippen molar-refractivity contribution in [3.63, 3.8) is 0 Å². The molecule has 0 bridgehead atoms. The fraction of sp³-hybridized carbons (Fsp3) is 0.0857. The summed E-state index contributed by atoms with van der Waals surface area (Å²) >= 11 is 6.10. The standard InChI is InChI=1S/C35H29BrN4O5S2/c1-44-27-16-13-24(31(19-27)45-2)17-29(38-33(42)23-7-4-3-5-8-23)34(43)37-26-9-6-10-28(18-26)46-21-32(41)40-35-39-30(20-47-35)22-11-14-25(36)15-12-22/h3-20H,21H2,1-2H3,(H,37,43)(H,38,42)(H,39,40,41)/b29-17+. The summed E-state index contributed by atoms with van der Waals surface area (Å²) < 4.78 is 11.8. The molecule has 1 heterocycles. The molecular weight excluding hydrogens is 700 g/mol. The van der Waals surface area contributed by atoms with E-state index in [2.05, 4.69) is 36.9 Å². The summed E-state index contributed by atoms with van der Waals surface area (Å²) in [5, 5.41) is 10.8. The molecule has 4 aromatic carbocycles. The SMILES string of the molecule is COc1ccc(/C=C(/NC(=O)c2ccccc2)C(=O)Nc2cccc(SCC(=O)Nc3nc(-c4ccc(Br)cc4)cs3)c2)c(OC)c1. The molecule has 0 spiro atoms. The zero-order valence-electron chi connectivity index (χ0n) is 25.3. The molecular formula is C35H29BrN4O5S2. The van der Waals surface area contributed by atoms with Gasteiger partial charge in [-0.05, 0) is 60.7 Å². The van der Waals surface area contributed by atoms with Crippen LogP contribution < -0.4 is 25.4 Å². The number of benzene rings is 4. The smallest absolute Gasteiger partial charge is 0.272 e. The topological polar surface area (TPSA) is 119 Å². The lowest BCUT2D eigenvalue weighted by Crippen LogP contribution is -2.30. The normalized spacial score (nSPS) is 11.0. The van der Waals surface area contributed by atoms with E-state index < -0.39 is 11.8 Å². The summed E-state index contributed by atoms with van der Waals surface area (Å²) in [6.07, 6.45) is 1.54. The van der Waals surface area contributed by atoms with Crippen LogP contribution in [0.4, 0.5) is 10.8 Å². The molecule has 0 saturated carbocycles. The summed E-state index contributed by atoms with van der Waals surface area (Å²) in [6, 6.07) is 28.7. The van der Waals surface area contributed by atoms with E-state index in [1.807, 2.05) is 35.7 Å². The van der Waals surface area contributed by atoms with E-state index in [1.165, 1.54) is 36.3 Å². The highest BCUT2D eigenvalue weighted by molar-refractivity contribution is 9.10.